The lowest BCUT2D eigenvalue weighted by molar-refractivity contribution is 0.00578. The van der Waals surface area contributed by atoms with E-state index in [1.807, 2.05) is 27.7 Å². The third-order valence-electron chi connectivity index (χ3n) is 4.79. The Balaban J connectivity index is 2.35. The van der Waals surface area contributed by atoms with Crippen LogP contribution in [0.4, 0.5) is 9.18 Å². The summed E-state index contributed by atoms with van der Waals surface area (Å²) in [5.74, 6) is -1.40. The highest BCUT2D eigenvalue weighted by atomic mass is 35.5. The number of carbonyl (C=O) groups excluding carboxylic acids is 1. The highest BCUT2D eigenvalue weighted by Crippen LogP contribution is 2.39. The van der Waals surface area contributed by atoms with Crippen LogP contribution in [0.3, 0.4) is 0 Å². The Hall–Kier alpha value is -1.77. The number of hydrogen-bond acceptors (Lipinski definition) is 5. The minimum absolute atomic E-state index is 0.000682. The van der Waals surface area contributed by atoms with E-state index in [4.69, 9.17) is 25.6 Å². The Bertz CT molecular complexity index is 804. The van der Waals surface area contributed by atoms with Crippen molar-refractivity contribution in [3.63, 3.8) is 0 Å². The average Bonchev–Trinajstić information content (AvgIpc) is 2.74. The first-order valence-corrected chi connectivity index (χ1v) is 9.70. The summed E-state index contributed by atoms with van der Waals surface area (Å²) in [7, 11) is -0.823. The molecule has 0 aliphatic carbocycles. The van der Waals surface area contributed by atoms with Crippen molar-refractivity contribution in [1.82, 2.24) is 5.32 Å². The summed E-state index contributed by atoms with van der Waals surface area (Å²) in [5.41, 5.74) is -1.29. The van der Waals surface area contributed by atoms with Gasteiger partial charge in [-0.15, -0.1) is 0 Å². The molecule has 1 heterocycles. The predicted octanol–water partition coefficient (Wildman–Crippen LogP) is 4.72. The summed E-state index contributed by atoms with van der Waals surface area (Å²) in [4.78, 5) is 12.1. The second-order valence-electron chi connectivity index (χ2n) is 8.99. The number of aromatic hydroxyl groups is 1. The third kappa shape index (κ3) is 5.87. The molecular formula is C20H28BClFNO5. The van der Waals surface area contributed by atoms with Crippen LogP contribution in [0.5, 0.6) is 5.75 Å². The molecule has 29 heavy (non-hydrogen) atoms. The van der Waals surface area contributed by atoms with Gasteiger partial charge in [-0.3, -0.25) is 0 Å². The molecular weight excluding hydrogens is 399 g/mol. The van der Waals surface area contributed by atoms with E-state index in [0.29, 0.717) is 5.47 Å². The van der Waals surface area contributed by atoms with Gasteiger partial charge in [-0.25, -0.2) is 9.18 Å². The van der Waals surface area contributed by atoms with Gasteiger partial charge in [0.25, 0.3) is 0 Å². The fourth-order valence-corrected chi connectivity index (χ4v) is 2.79. The number of ether oxygens (including phenoxy) is 1. The second-order valence-corrected chi connectivity index (χ2v) is 9.42. The quantitative estimate of drug-likeness (QED) is 0.680. The third-order valence-corrected chi connectivity index (χ3v) is 5.01. The van der Waals surface area contributed by atoms with Crippen molar-refractivity contribution >= 4 is 30.9 Å². The van der Waals surface area contributed by atoms with Gasteiger partial charge in [0.2, 0.25) is 0 Å². The predicted molar refractivity (Wildman–Crippen MR) is 111 cm³/mol. The van der Waals surface area contributed by atoms with Crippen LogP contribution in [0.1, 0.15) is 54.0 Å². The molecule has 1 aliphatic heterocycles. The number of halogens is 2. The van der Waals surface area contributed by atoms with E-state index in [1.54, 1.807) is 20.8 Å². The molecule has 0 radical (unpaired) electrons. The molecule has 0 saturated carbocycles. The molecule has 0 bridgehead atoms. The van der Waals surface area contributed by atoms with Gasteiger partial charge in [0.15, 0.2) is 11.6 Å². The fraction of sp³-hybridized carbons (Fsp3) is 0.550. The Morgan fingerprint density at radius 1 is 1.28 bits per heavy atom. The summed E-state index contributed by atoms with van der Waals surface area (Å²) in [6, 6.07) is 2.43. The first-order chi connectivity index (χ1) is 13.1. The first kappa shape index (κ1) is 23.5. The molecule has 2 N–H and O–H groups in total. The molecule has 0 unspecified atom stereocenters. The van der Waals surface area contributed by atoms with Crippen molar-refractivity contribution < 1.29 is 28.3 Å². The van der Waals surface area contributed by atoms with Crippen LogP contribution in [0.25, 0.3) is 6.08 Å². The monoisotopic (exact) mass is 427 g/mol. The van der Waals surface area contributed by atoms with Gasteiger partial charge < -0.3 is 24.5 Å². The average molecular weight is 428 g/mol. The minimum Gasteiger partial charge on any atom is -0.504 e. The van der Waals surface area contributed by atoms with Gasteiger partial charge in [0.1, 0.15) is 5.60 Å². The van der Waals surface area contributed by atoms with E-state index in [9.17, 15) is 14.3 Å². The molecule has 6 nitrogen and oxygen atoms in total. The number of benzene rings is 1. The molecule has 0 spiro atoms. The summed E-state index contributed by atoms with van der Waals surface area (Å²) in [6.45, 7) is 12.8. The fourth-order valence-electron chi connectivity index (χ4n) is 2.58. The first-order valence-electron chi connectivity index (χ1n) is 9.32. The van der Waals surface area contributed by atoms with Crippen molar-refractivity contribution in [2.24, 2.45) is 0 Å². The number of carbonyl (C=O) groups is 1. The molecule has 1 aliphatic rings. The van der Waals surface area contributed by atoms with Crippen molar-refractivity contribution in [3.05, 3.63) is 34.0 Å². The Morgan fingerprint density at radius 3 is 2.34 bits per heavy atom. The van der Waals surface area contributed by atoms with Crippen LogP contribution in [0.2, 0.25) is 5.02 Å². The van der Waals surface area contributed by atoms with Crippen LogP contribution >= 0.6 is 11.6 Å². The van der Waals surface area contributed by atoms with E-state index in [1.165, 1.54) is 12.1 Å². The van der Waals surface area contributed by atoms with Crippen molar-refractivity contribution in [1.29, 1.82) is 0 Å². The maximum absolute atomic E-state index is 13.9. The maximum Gasteiger partial charge on any atom is 0.492 e. The molecule has 1 aromatic rings. The van der Waals surface area contributed by atoms with Crippen LogP contribution in [-0.4, -0.2) is 41.7 Å². The topological polar surface area (TPSA) is 77.0 Å². The number of amides is 1. The lowest BCUT2D eigenvalue weighted by Crippen LogP contribution is -2.41. The second kappa shape index (κ2) is 8.16. The number of phenolic OH excluding ortho intramolecular Hbond substituents is 1. The van der Waals surface area contributed by atoms with E-state index in [2.05, 4.69) is 5.32 Å². The largest absolute Gasteiger partial charge is 0.504 e. The van der Waals surface area contributed by atoms with E-state index < -0.39 is 41.6 Å². The smallest absolute Gasteiger partial charge is 0.492 e. The highest BCUT2D eigenvalue weighted by molar-refractivity contribution is 6.56. The van der Waals surface area contributed by atoms with Crippen molar-refractivity contribution in [2.75, 3.05) is 6.54 Å². The Morgan fingerprint density at radius 2 is 1.83 bits per heavy atom. The maximum atomic E-state index is 13.9. The number of alkyl carbamates (subject to hydrolysis) is 1. The van der Waals surface area contributed by atoms with E-state index in [-0.39, 0.29) is 17.1 Å². The molecule has 9 heteroatoms. The summed E-state index contributed by atoms with van der Waals surface area (Å²) in [5, 5.41) is 12.8. The van der Waals surface area contributed by atoms with Gasteiger partial charge in [0.05, 0.1) is 11.2 Å². The van der Waals surface area contributed by atoms with Gasteiger partial charge in [-0.2, -0.15) is 0 Å². The summed E-state index contributed by atoms with van der Waals surface area (Å²) >= 11 is 5.92. The number of phenols is 1. The molecule has 0 aromatic heterocycles. The Kier molecular flexibility index (Phi) is 6.62. The van der Waals surface area contributed by atoms with Crippen molar-refractivity contribution in [3.8, 4) is 5.75 Å². The van der Waals surface area contributed by atoms with Gasteiger partial charge >= 0.3 is 13.2 Å². The minimum atomic E-state index is -0.850. The normalized spacial score (nSPS) is 18.7. The van der Waals surface area contributed by atoms with Gasteiger partial charge in [-0.05, 0) is 66.1 Å². The van der Waals surface area contributed by atoms with Crippen molar-refractivity contribution in [2.45, 2.75) is 65.3 Å². The molecule has 1 aromatic carbocycles. The summed E-state index contributed by atoms with van der Waals surface area (Å²) < 4.78 is 31.2. The zero-order valence-electron chi connectivity index (χ0n) is 17.9. The van der Waals surface area contributed by atoms with E-state index >= 15 is 0 Å². The van der Waals surface area contributed by atoms with Crippen LogP contribution in [0.15, 0.2) is 17.6 Å². The lowest BCUT2D eigenvalue weighted by Gasteiger charge is -2.32. The highest BCUT2D eigenvalue weighted by Gasteiger charge is 2.52. The molecule has 160 valence electrons. The van der Waals surface area contributed by atoms with Crippen LogP contribution in [0, 0.1) is 5.82 Å². The van der Waals surface area contributed by atoms with Gasteiger partial charge in [-0.1, -0.05) is 17.7 Å². The molecule has 2 rings (SSSR count). The zero-order valence-corrected chi connectivity index (χ0v) is 18.6. The standard InChI is InChI=1S/C20H28BClFNO5/c1-18(2,3)27-17(26)24-11-13(21-28-19(4,5)20(6,7)29-21)8-12-9-14(22)10-15(23)16(12)25/h8-10,25H,11H2,1-7H3,(H,24,26). The summed E-state index contributed by atoms with van der Waals surface area (Å²) in [6.07, 6.45) is 0.866. The van der Waals surface area contributed by atoms with Crippen LogP contribution < -0.4 is 5.32 Å². The molecule has 1 fully saturated rings. The van der Waals surface area contributed by atoms with Gasteiger partial charge in [0, 0.05) is 17.1 Å². The lowest BCUT2D eigenvalue weighted by atomic mass is 9.77. The zero-order chi connectivity index (χ0) is 22.2. The van der Waals surface area contributed by atoms with Crippen LogP contribution in [-0.2, 0) is 14.0 Å². The number of nitrogens with one attached hydrogen (secondary N) is 1. The molecule has 1 amide bonds. The molecule has 0 atom stereocenters. The molecule has 1 saturated heterocycles. The van der Waals surface area contributed by atoms with E-state index in [0.717, 1.165) is 6.07 Å². The SMILES string of the molecule is CC(C)(C)OC(=O)NCC(=Cc1cc(Cl)cc(F)c1O)B1OC(C)(C)C(C)(C)O1. The number of rotatable bonds is 4. The Labute approximate surface area is 176 Å². The number of hydrogen-bond donors (Lipinski definition) is 2.